The van der Waals surface area contributed by atoms with E-state index in [0.717, 1.165) is 16.8 Å². The third-order valence-corrected chi connectivity index (χ3v) is 5.47. The van der Waals surface area contributed by atoms with Gasteiger partial charge < -0.3 is 15.0 Å². The van der Waals surface area contributed by atoms with E-state index in [1.54, 1.807) is 43.1 Å². The van der Waals surface area contributed by atoms with Crippen molar-refractivity contribution in [2.24, 2.45) is 0 Å². The Labute approximate surface area is 199 Å². The summed E-state index contributed by atoms with van der Waals surface area (Å²) in [5.74, 6) is 0.147. The summed E-state index contributed by atoms with van der Waals surface area (Å²) < 4.78 is 5.83. The molecule has 4 aromatic carbocycles. The van der Waals surface area contributed by atoms with Gasteiger partial charge in [-0.1, -0.05) is 66.7 Å². The highest BCUT2D eigenvalue weighted by Crippen LogP contribution is 2.23. The lowest BCUT2D eigenvalue weighted by molar-refractivity contribution is -0.122. The SMILES string of the molecule is CC(Oc1ccc(-c2ccccc2)cc1)C(=O)Nc1cccc(C(=O)N(C)c2ccccc2)c1. The van der Waals surface area contributed by atoms with Gasteiger partial charge in [-0.2, -0.15) is 0 Å². The Bertz CT molecular complexity index is 1260. The Hall–Kier alpha value is -4.38. The summed E-state index contributed by atoms with van der Waals surface area (Å²) in [6.45, 7) is 1.69. The predicted octanol–water partition coefficient (Wildman–Crippen LogP) is 6.04. The average Bonchev–Trinajstić information content (AvgIpc) is 2.89. The summed E-state index contributed by atoms with van der Waals surface area (Å²) in [5.41, 5.74) is 4.00. The first-order valence-corrected chi connectivity index (χ1v) is 11.1. The van der Waals surface area contributed by atoms with Crippen LogP contribution in [0.2, 0.25) is 0 Å². The molecule has 1 unspecified atom stereocenters. The number of nitrogens with zero attached hydrogens (tertiary/aromatic N) is 1. The topological polar surface area (TPSA) is 58.6 Å². The van der Waals surface area contributed by atoms with Crippen LogP contribution in [0.3, 0.4) is 0 Å². The third kappa shape index (κ3) is 5.51. The van der Waals surface area contributed by atoms with E-state index in [9.17, 15) is 9.59 Å². The number of hydrogen-bond donors (Lipinski definition) is 1. The standard InChI is InChI=1S/C29H26N2O3/c1-21(34-27-18-16-23(17-19-27)22-10-5-3-6-11-22)28(32)30-25-13-9-12-24(20-25)29(33)31(2)26-14-7-4-8-15-26/h3-21H,1-2H3,(H,30,32). The molecule has 0 spiro atoms. The molecular formula is C29H26N2O3. The van der Waals surface area contributed by atoms with E-state index in [-0.39, 0.29) is 11.8 Å². The van der Waals surface area contributed by atoms with Gasteiger partial charge in [-0.05, 0) is 60.5 Å². The average molecular weight is 451 g/mol. The lowest BCUT2D eigenvalue weighted by Gasteiger charge is -2.18. The fraction of sp³-hybridized carbons (Fsp3) is 0.103. The highest BCUT2D eigenvalue weighted by atomic mass is 16.5. The molecule has 0 saturated carbocycles. The van der Waals surface area contributed by atoms with Crippen LogP contribution in [-0.2, 0) is 4.79 Å². The zero-order valence-corrected chi connectivity index (χ0v) is 19.1. The van der Waals surface area contributed by atoms with Crippen LogP contribution in [0, 0.1) is 0 Å². The monoisotopic (exact) mass is 450 g/mol. The van der Waals surface area contributed by atoms with Crippen molar-refractivity contribution in [2.75, 3.05) is 17.3 Å². The summed E-state index contributed by atoms with van der Waals surface area (Å²) in [5, 5.41) is 2.84. The Morgan fingerprint density at radius 1 is 0.765 bits per heavy atom. The lowest BCUT2D eigenvalue weighted by atomic mass is 10.1. The first-order valence-electron chi connectivity index (χ1n) is 11.1. The van der Waals surface area contributed by atoms with Gasteiger partial charge in [-0.25, -0.2) is 0 Å². The van der Waals surface area contributed by atoms with E-state index in [0.29, 0.717) is 17.0 Å². The second-order valence-electron chi connectivity index (χ2n) is 7.92. The molecule has 0 aliphatic carbocycles. The van der Waals surface area contributed by atoms with Crippen LogP contribution < -0.4 is 15.0 Å². The highest BCUT2D eigenvalue weighted by Gasteiger charge is 2.17. The fourth-order valence-electron chi connectivity index (χ4n) is 3.55. The summed E-state index contributed by atoms with van der Waals surface area (Å²) >= 11 is 0. The normalized spacial score (nSPS) is 11.4. The molecule has 0 aliphatic heterocycles. The number of anilines is 2. The van der Waals surface area contributed by atoms with Gasteiger partial charge in [-0.15, -0.1) is 0 Å². The number of carbonyl (C=O) groups excluding carboxylic acids is 2. The highest BCUT2D eigenvalue weighted by molar-refractivity contribution is 6.06. The molecule has 170 valence electrons. The Morgan fingerprint density at radius 2 is 1.38 bits per heavy atom. The maximum absolute atomic E-state index is 12.9. The molecule has 4 rings (SSSR count). The van der Waals surface area contributed by atoms with E-state index in [2.05, 4.69) is 5.32 Å². The van der Waals surface area contributed by atoms with Crippen molar-refractivity contribution in [2.45, 2.75) is 13.0 Å². The molecule has 0 aliphatic rings. The van der Waals surface area contributed by atoms with Crippen LogP contribution in [0.4, 0.5) is 11.4 Å². The van der Waals surface area contributed by atoms with Gasteiger partial charge in [0.05, 0.1) is 0 Å². The van der Waals surface area contributed by atoms with Crippen LogP contribution in [0.5, 0.6) is 5.75 Å². The lowest BCUT2D eigenvalue weighted by Crippen LogP contribution is -2.30. The van der Waals surface area contributed by atoms with Crippen molar-refractivity contribution in [1.82, 2.24) is 0 Å². The van der Waals surface area contributed by atoms with Gasteiger partial charge in [0.25, 0.3) is 11.8 Å². The minimum Gasteiger partial charge on any atom is -0.481 e. The van der Waals surface area contributed by atoms with Gasteiger partial charge in [-0.3, -0.25) is 9.59 Å². The number of ether oxygens (including phenoxy) is 1. The summed E-state index contributed by atoms with van der Waals surface area (Å²) in [7, 11) is 1.72. The van der Waals surface area contributed by atoms with E-state index in [1.807, 2.05) is 84.9 Å². The van der Waals surface area contributed by atoms with Crippen LogP contribution in [0.25, 0.3) is 11.1 Å². The van der Waals surface area contributed by atoms with Gasteiger partial charge in [0, 0.05) is 24.0 Å². The van der Waals surface area contributed by atoms with E-state index < -0.39 is 6.10 Å². The number of carbonyl (C=O) groups is 2. The quantitative estimate of drug-likeness (QED) is 0.374. The molecule has 1 atom stereocenters. The number of nitrogens with one attached hydrogen (secondary N) is 1. The molecule has 0 fully saturated rings. The maximum atomic E-state index is 12.9. The number of hydrogen-bond acceptors (Lipinski definition) is 3. The Kier molecular flexibility index (Phi) is 7.04. The van der Waals surface area contributed by atoms with E-state index in [4.69, 9.17) is 4.74 Å². The summed E-state index contributed by atoms with van der Waals surface area (Å²) in [6.07, 6.45) is -0.714. The van der Waals surface area contributed by atoms with Gasteiger partial charge in [0.2, 0.25) is 0 Å². The Balaban J connectivity index is 1.38. The minimum absolute atomic E-state index is 0.162. The van der Waals surface area contributed by atoms with Crippen molar-refractivity contribution < 1.29 is 14.3 Å². The molecule has 0 aromatic heterocycles. The molecule has 34 heavy (non-hydrogen) atoms. The molecule has 1 N–H and O–H groups in total. The number of rotatable bonds is 7. The van der Waals surface area contributed by atoms with E-state index in [1.165, 1.54) is 0 Å². The van der Waals surface area contributed by atoms with Crippen molar-refractivity contribution in [1.29, 1.82) is 0 Å². The van der Waals surface area contributed by atoms with Crippen molar-refractivity contribution in [3.63, 3.8) is 0 Å². The maximum Gasteiger partial charge on any atom is 0.265 e. The van der Waals surface area contributed by atoms with Gasteiger partial charge >= 0.3 is 0 Å². The van der Waals surface area contributed by atoms with Gasteiger partial charge in [0.1, 0.15) is 5.75 Å². The molecule has 5 nitrogen and oxygen atoms in total. The summed E-state index contributed by atoms with van der Waals surface area (Å²) in [4.78, 5) is 27.2. The smallest absolute Gasteiger partial charge is 0.265 e. The zero-order valence-electron chi connectivity index (χ0n) is 19.1. The molecule has 0 heterocycles. The summed E-state index contributed by atoms with van der Waals surface area (Å²) in [6, 6.07) is 34.0. The second kappa shape index (κ2) is 10.5. The van der Waals surface area contributed by atoms with Gasteiger partial charge in [0.15, 0.2) is 6.10 Å². The van der Waals surface area contributed by atoms with Crippen LogP contribution in [-0.4, -0.2) is 25.0 Å². The number of para-hydroxylation sites is 1. The zero-order chi connectivity index (χ0) is 23.9. The first-order chi connectivity index (χ1) is 16.5. The van der Waals surface area contributed by atoms with Crippen molar-refractivity contribution in [3.8, 4) is 16.9 Å². The van der Waals surface area contributed by atoms with Crippen molar-refractivity contribution >= 4 is 23.2 Å². The van der Waals surface area contributed by atoms with Crippen LogP contribution in [0.1, 0.15) is 17.3 Å². The molecule has 4 aromatic rings. The molecule has 0 saturated heterocycles. The minimum atomic E-state index is -0.714. The largest absolute Gasteiger partial charge is 0.481 e. The molecule has 0 bridgehead atoms. The molecule has 0 radical (unpaired) electrons. The Morgan fingerprint density at radius 3 is 2.06 bits per heavy atom. The molecule has 2 amide bonds. The second-order valence-corrected chi connectivity index (χ2v) is 7.92. The number of amides is 2. The third-order valence-electron chi connectivity index (χ3n) is 5.47. The van der Waals surface area contributed by atoms with Crippen molar-refractivity contribution in [3.05, 3.63) is 115 Å². The molecule has 5 heteroatoms. The van der Waals surface area contributed by atoms with Crippen LogP contribution >= 0.6 is 0 Å². The van der Waals surface area contributed by atoms with E-state index >= 15 is 0 Å². The van der Waals surface area contributed by atoms with Crippen LogP contribution in [0.15, 0.2) is 109 Å². The predicted molar refractivity (Wildman–Crippen MR) is 136 cm³/mol. The fourth-order valence-corrected chi connectivity index (χ4v) is 3.55. The molecular weight excluding hydrogens is 424 g/mol. The first kappa shape index (κ1) is 22.8. The number of benzene rings is 4.